The maximum atomic E-state index is 12.0. The summed E-state index contributed by atoms with van der Waals surface area (Å²) in [6, 6.07) is 9.42. The molecule has 0 saturated carbocycles. The largest absolute Gasteiger partial charge is 0.467 e. The molecule has 2 amide bonds. The number of hydrogen-bond acceptors (Lipinski definition) is 7. The number of unbranched alkanes of at least 4 members (excludes halogenated alkanes) is 1. The van der Waals surface area contributed by atoms with Crippen LogP contribution in [0.25, 0.3) is 0 Å². The van der Waals surface area contributed by atoms with Gasteiger partial charge in [-0.05, 0) is 30.9 Å². The van der Waals surface area contributed by atoms with E-state index in [0.717, 1.165) is 11.6 Å². The Bertz CT molecular complexity index is 683. The molecule has 0 bridgehead atoms. The average molecular weight is 469 g/mol. The number of hydroxylamine groups is 2. The summed E-state index contributed by atoms with van der Waals surface area (Å²) in [7, 11) is 0.0934. The first-order chi connectivity index (χ1) is 15.2. The summed E-state index contributed by atoms with van der Waals surface area (Å²) < 4.78 is 15.3. The lowest BCUT2D eigenvalue weighted by atomic mass is 10.1. The molecule has 0 fully saturated rings. The molecule has 180 valence electrons. The van der Waals surface area contributed by atoms with E-state index in [1.165, 1.54) is 12.2 Å². The lowest BCUT2D eigenvalue weighted by Crippen LogP contribution is -2.41. The number of alkyl carbamates (subject to hydrolysis) is 1. The third kappa shape index (κ3) is 13.1. The van der Waals surface area contributed by atoms with Crippen LogP contribution in [0.4, 0.5) is 4.79 Å². The smallest absolute Gasteiger partial charge is 0.408 e. The molecule has 0 aliphatic heterocycles. The van der Waals surface area contributed by atoms with Crippen LogP contribution in [0.3, 0.4) is 0 Å². The standard InChI is InChI=1S/C22H36N2O7Si/c1-28-21(26)20(23-22(27)30-16-19-10-6-5-7-11-19)12-8-9-13-24(17-25)31-18-29-14-15-32(2,3)4/h5-7,10-11,17,20H,8-9,12-16,18H2,1-4H3,(H,23,27)/t20-/m1/s1. The van der Waals surface area contributed by atoms with Crippen molar-refractivity contribution in [3.63, 3.8) is 0 Å². The Balaban J connectivity index is 2.30. The van der Waals surface area contributed by atoms with Crippen LogP contribution in [-0.2, 0) is 35.2 Å². The SMILES string of the molecule is COC(=O)[C@@H](CCCCN(C=O)OCOCC[Si](C)(C)C)NC(=O)OCc1ccccc1. The Morgan fingerprint density at radius 2 is 1.88 bits per heavy atom. The Kier molecular flexibility index (Phi) is 13.3. The number of hydrogen-bond donors (Lipinski definition) is 1. The summed E-state index contributed by atoms with van der Waals surface area (Å²) in [6.07, 6.45) is 1.37. The van der Waals surface area contributed by atoms with E-state index >= 15 is 0 Å². The van der Waals surface area contributed by atoms with Crippen molar-refractivity contribution in [2.45, 2.75) is 57.6 Å². The Labute approximate surface area is 191 Å². The zero-order valence-corrected chi connectivity index (χ0v) is 20.5. The number of benzene rings is 1. The molecular weight excluding hydrogens is 432 g/mol. The van der Waals surface area contributed by atoms with Gasteiger partial charge in [0, 0.05) is 21.2 Å². The second-order valence-electron chi connectivity index (χ2n) is 8.49. The molecule has 0 aliphatic carbocycles. The Hall–Kier alpha value is -2.43. The topological polar surface area (TPSA) is 103 Å². The lowest BCUT2D eigenvalue weighted by molar-refractivity contribution is -0.213. The first kappa shape index (κ1) is 27.6. The Morgan fingerprint density at radius 1 is 1.16 bits per heavy atom. The van der Waals surface area contributed by atoms with E-state index in [9.17, 15) is 14.4 Å². The van der Waals surface area contributed by atoms with E-state index in [-0.39, 0.29) is 13.4 Å². The highest BCUT2D eigenvalue weighted by Crippen LogP contribution is 2.08. The van der Waals surface area contributed by atoms with E-state index in [1.54, 1.807) is 0 Å². The fourth-order valence-corrected chi connectivity index (χ4v) is 3.36. The van der Waals surface area contributed by atoms with E-state index in [1.807, 2.05) is 30.3 Å². The van der Waals surface area contributed by atoms with Crippen LogP contribution in [0.1, 0.15) is 24.8 Å². The van der Waals surface area contributed by atoms with Gasteiger partial charge >= 0.3 is 12.1 Å². The summed E-state index contributed by atoms with van der Waals surface area (Å²) in [5.41, 5.74) is 0.843. The molecule has 0 aromatic heterocycles. The monoisotopic (exact) mass is 468 g/mol. The number of nitrogens with one attached hydrogen (secondary N) is 1. The van der Waals surface area contributed by atoms with Gasteiger partial charge in [0.25, 0.3) is 0 Å². The third-order valence-corrected chi connectivity index (χ3v) is 6.23. The molecular formula is C22H36N2O7Si. The van der Waals surface area contributed by atoms with Crippen molar-refractivity contribution in [2.24, 2.45) is 0 Å². The van der Waals surface area contributed by atoms with Gasteiger partial charge in [-0.1, -0.05) is 50.0 Å². The van der Waals surface area contributed by atoms with E-state index in [2.05, 4.69) is 25.0 Å². The minimum Gasteiger partial charge on any atom is -0.467 e. The van der Waals surface area contributed by atoms with Crippen molar-refractivity contribution < 1.29 is 33.4 Å². The molecule has 9 nitrogen and oxygen atoms in total. The van der Waals surface area contributed by atoms with Gasteiger partial charge in [0.05, 0.1) is 7.11 Å². The van der Waals surface area contributed by atoms with Crippen LogP contribution in [0.5, 0.6) is 0 Å². The van der Waals surface area contributed by atoms with Crippen LogP contribution in [0, 0.1) is 0 Å². The van der Waals surface area contributed by atoms with Crippen molar-refractivity contribution in [3.8, 4) is 0 Å². The molecule has 32 heavy (non-hydrogen) atoms. The highest BCUT2D eigenvalue weighted by Gasteiger charge is 2.22. The fraction of sp³-hybridized carbons (Fsp3) is 0.591. The second-order valence-corrected chi connectivity index (χ2v) is 14.1. The number of carbonyl (C=O) groups is 3. The predicted molar refractivity (Wildman–Crippen MR) is 122 cm³/mol. The van der Waals surface area contributed by atoms with Gasteiger partial charge < -0.3 is 19.5 Å². The number of ether oxygens (including phenoxy) is 3. The van der Waals surface area contributed by atoms with Crippen molar-refractivity contribution in [1.29, 1.82) is 0 Å². The summed E-state index contributed by atoms with van der Waals surface area (Å²) in [5, 5.41) is 3.70. The molecule has 10 heteroatoms. The Morgan fingerprint density at radius 3 is 2.50 bits per heavy atom. The van der Waals surface area contributed by atoms with Gasteiger partial charge in [-0.25, -0.2) is 19.5 Å². The lowest BCUT2D eigenvalue weighted by Gasteiger charge is -2.19. The predicted octanol–water partition coefficient (Wildman–Crippen LogP) is 3.33. The van der Waals surface area contributed by atoms with Gasteiger partial charge in [0.15, 0.2) is 6.79 Å². The molecule has 0 saturated heterocycles. The highest BCUT2D eigenvalue weighted by atomic mass is 28.3. The molecule has 0 spiro atoms. The second kappa shape index (κ2) is 15.4. The number of esters is 1. The van der Waals surface area contributed by atoms with Crippen molar-refractivity contribution >= 4 is 26.5 Å². The van der Waals surface area contributed by atoms with Crippen molar-refractivity contribution in [3.05, 3.63) is 35.9 Å². The van der Waals surface area contributed by atoms with Crippen molar-refractivity contribution in [1.82, 2.24) is 10.4 Å². The molecule has 1 atom stereocenters. The van der Waals surface area contributed by atoms with Crippen LogP contribution in [0.2, 0.25) is 25.7 Å². The zero-order valence-electron chi connectivity index (χ0n) is 19.5. The van der Waals surface area contributed by atoms with E-state index in [4.69, 9.17) is 19.0 Å². The summed E-state index contributed by atoms with van der Waals surface area (Å²) in [4.78, 5) is 40.5. The molecule has 0 heterocycles. The average Bonchev–Trinajstić information content (AvgIpc) is 2.77. The molecule has 1 N–H and O–H groups in total. The van der Waals surface area contributed by atoms with E-state index < -0.39 is 26.2 Å². The molecule has 1 rings (SSSR count). The maximum absolute atomic E-state index is 12.0. The minimum absolute atomic E-state index is 0.0167. The molecule has 1 aromatic rings. The van der Waals surface area contributed by atoms with Gasteiger partial charge in [-0.2, -0.15) is 0 Å². The summed E-state index contributed by atoms with van der Waals surface area (Å²) >= 11 is 0. The zero-order chi connectivity index (χ0) is 23.8. The van der Waals surface area contributed by atoms with Crippen LogP contribution >= 0.6 is 0 Å². The quantitative estimate of drug-likeness (QED) is 0.0991. The van der Waals surface area contributed by atoms with Crippen LogP contribution in [-0.4, -0.2) is 64.7 Å². The van der Waals surface area contributed by atoms with Gasteiger partial charge in [0.1, 0.15) is 12.6 Å². The van der Waals surface area contributed by atoms with E-state index in [0.29, 0.717) is 38.8 Å². The first-order valence-electron chi connectivity index (χ1n) is 10.7. The molecule has 0 unspecified atom stereocenters. The summed E-state index contributed by atoms with van der Waals surface area (Å²) in [5.74, 6) is -0.555. The van der Waals surface area contributed by atoms with Gasteiger partial charge in [0.2, 0.25) is 6.41 Å². The van der Waals surface area contributed by atoms with Crippen molar-refractivity contribution in [2.75, 3.05) is 27.1 Å². The third-order valence-electron chi connectivity index (χ3n) is 4.53. The van der Waals surface area contributed by atoms with Crippen LogP contribution in [0.15, 0.2) is 30.3 Å². The van der Waals surface area contributed by atoms with Gasteiger partial charge in [-0.3, -0.25) is 4.79 Å². The molecule has 0 aliphatic rings. The molecule has 0 radical (unpaired) electrons. The molecule has 1 aromatic carbocycles. The summed E-state index contributed by atoms with van der Waals surface area (Å²) in [6.45, 7) is 7.84. The first-order valence-corrected chi connectivity index (χ1v) is 14.4. The normalized spacial score (nSPS) is 12.0. The fourth-order valence-electron chi connectivity index (χ4n) is 2.60. The minimum atomic E-state index is -1.17. The van der Waals surface area contributed by atoms with Crippen LogP contribution < -0.4 is 5.32 Å². The number of amides is 2. The highest BCUT2D eigenvalue weighted by molar-refractivity contribution is 6.76. The number of nitrogens with zero attached hydrogens (tertiary/aromatic N) is 1. The number of methoxy groups -OCH3 is 1. The number of carbonyl (C=O) groups excluding carboxylic acids is 3. The maximum Gasteiger partial charge on any atom is 0.408 e. The van der Waals surface area contributed by atoms with Gasteiger partial charge in [-0.15, -0.1) is 0 Å². The number of rotatable bonds is 16.